The van der Waals surface area contributed by atoms with Crippen molar-refractivity contribution in [3.05, 3.63) is 23.5 Å². The quantitative estimate of drug-likeness (QED) is 0.922. The maximum Gasteiger partial charge on any atom is 0.251 e. The molecule has 7 nitrogen and oxygen atoms in total. The Morgan fingerprint density at radius 1 is 1.32 bits per heavy atom. The van der Waals surface area contributed by atoms with E-state index in [4.69, 9.17) is 14.6 Å². The molecular weight excluding hydrogens is 284 g/mol. The fourth-order valence-electron chi connectivity index (χ4n) is 2.84. The number of amides is 1. The highest BCUT2D eigenvalue weighted by molar-refractivity contribution is 5.76. The molecule has 0 aromatic carbocycles. The molecule has 0 unspecified atom stereocenters. The van der Waals surface area contributed by atoms with Crippen molar-refractivity contribution in [3.63, 3.8) is 0 Å². The fourth-order valence-corrected chi connectivity index (χ4v) is 2.84. The number of likely N-dealkylation sites (tertiary alicyclic amines) is 1. The third kappa shape index (κ3) is 3.04. The van der Waals surface area contributed by atoms with Crippen molar-refractivity contribution in [2.24, 2.45) is 11.7 Å². The van der Waals surface area contributed by atoms with Gasteiger partial charge in [-0.3, -0.25) is 9.69 Å². The van der Waals surface area contributed by atoms with Crippen molar-refractivity contribution in [3.8, 4) is 11.5 Å². The van der Waals surface area contributed by atoms with Crippen LogP contribution >= 0.6 is 0 Å². The number of piperidine rings is 1. The van der Waals surface area contributed by atoms with Crippen LogP contribution in [0, 0.1) is 19.8 Å². The number of nitrogens with two attached hydrogens (primary N) is 1. The lowest BCUT2D eigenvalue weighted by molar-refractivity contribution is -0.123. The van der Waals surface area contributed by atoms with Crippen LogP contribution in [0.3, 0.4) is 0 Å². The average molecular weight is 304 g/mol. The summed E-state index contributed by atoms with van der Waals surface area (Å²) in [5.74, 6) is 2.44. The number of rotatable bonds is 4. The smallest absolute Gasteiger partial charge is 0.251 e. The molecule has 118 valence electrons. The van der Waals surface area contributed by atoms with Gasteiger partial charge in [-0.2, -0.15) is 0 Å². The molecule has 7 heteroatoms. The highest BCUT2D eigenvalue weighted by Gasteiger charge is 2.24. The molecule has 1 aliphatic heterocycles. The molecular formula is C15H20N4O3. The molecule has 1 fully saturated rings. The number of aromatic nitrogens is 2. The molecule has 0 spiro atoms. The summed E-state index contributed by atoms with van der Waals surface area (Å²) in [7, 11) is 0. The fraction of sp³-hybridized carbons (Fsp3) is 0.533. The maximum absolute atomic E-state index is 11.2. The van der Waals surface area contributed by atoms with Crippen molar-refractivity contribution in [2.45, 2.75) is 33.2 Å². The first kappa shape index (κ1) is 14.8. The predicted octanol–water partition coefficient (Wildman–Crippen LogP) is 1.64. The van der Waals surface area contributed by atoms with E-state index < -0.39 is 0 Å². The van der Waals surface area contributed by atoms with Crippen LogP contribution in [0.5, 0.6) is 0 Å². The van der Waals surface area contributed by atoms with E-state index in [1.54, 1.807) is 0 Å². The SMILES string of the molecule is Cc1cc(-c2nnc(CN3CCC(C(N)=O)CC3)o2)c(C)o1. The number of hydrogen-bond acceptors (Lipinski definition) is 6. The van der Waals surface area contributed by atoms with E-state index in [2.05, 4.69) is 15.1 Å². The maximum atomic E-state index is 11.2. The third-order valence-electron chi connectivity index (χ3n) is 4.09. The average Bonchev–Trinajstić information content (AvgIpc) is 3.06. The van der Waals surface area contributed by atoms with Crippen LogP contribution in [0.2, 0.25) is 0 Å². The van der Waals surface area contributed by atoms with Gasteiger partial charge in [-0.05, 0) is 45.8 Å². The topological polar surface area (TPSA) is 98.4 Å². The summed E-state index contributed by atoms with van der Waals surface area (Å²) in [6.07, 6.45) is 1.58. The van der Waals surface area contributed by atoms with Gasteiger partial charge in [0.25, 0.3) is 5.89 Å². The van der Waals surface area contributed by atoms with Gasteiger partial charge < -0.3 is 14.6 Å². The third-order valence-corrected chi connectivity index (χ3v) is 4.09. The molecule has 0 saturated carbocycles. The van der Waals surface area contributed by atoms with Crippen molar-refractivity contribution in [2.75, 3.05) is 13.1 Å². The zero-order chi connectivity index (χ0) is 15.7. The summed E-state index contributed by atoms with van der Waals surface area (Å²) in [6, 6.07) is 1.89. The van der Waals surface area contributed by atoms with E-state index in [0.717, 1.165) is 43.0 Å². The molecule has 0 aliphatic carbocycles. The normalized spacial score (nSPS) is 17.0. The summed E-state index contributed by atoms with van der Waals surface area (Å²) in [4.78, 5) is 13.4. The highest BCUT2D eigenvalue weighted by atomic mass is 16.4. The van der Waals surface area contributed by atoms with Crippen LogP contribution in [0.25, 0.3) is 11.5 Å². The number of nitrogens with zero attached hydrogens (tertiary/aromatic N) is 3. The van der Waals surface area contributed by atoms with Gasteiger partial charge >= 0.3 is 0 Å². The molecule has 1 aliphatic rings. The number of hydrogen-bond donors (Lipinski definition) is 1. The van der Waals surface area contributed by atoms with Crippen LogP contribution in [0.15, 0.2) is 14.9 Å². The predicted molar refractivity (Wildman–Crippen MR) is 78.7 cm³/mol. The summed E-state index contributed by atoms with van der Waals surface area (Å²) in [5, 5.41) is 8.19. The van der Waals surface area contributed by atoms with Gasteiger partial charge in [0.05, 0.1) is 12.1 Å². The van der Waals surface area contributed by atoms with Crippen LogP contribution in [-0.2, 0) is 11.3 Å². The molecule has 3 rings (SSSR count). The number of carbonyl (C=O) groups excluding carboxylic acids is 1. The molecule has 22 heavy (non-hydrogen) atoms. The van der Waals surface area contributed by atoms with E-state index >= 15 is 0 Å². The van der Waals surface area contributed by atoms with E-state index in [0.29, 0.717) is 18.3 Å². The number of aryl methyl sites for hydroxylation is 2. The van der Waals surface area contributed by atoms with Gasteiger partial charge in [0.15, 0.2) is 0 Å². The van der Waals surface area contributed by atoms with Gasteiger partial charge in [-0.1, -0.05) is 0 Å². The molecule has 2 aromatic rings. The second-order valence-corrected chi connectivity index (χ2v) is 5.78. The molecule has 2 aromatic heterocycles. The van der Waals surface area contributed by atoms with Gasteiger partial charge in [-0.25, -0.2) is 0 Å². The minimum absolute atomic E-state index is 0.00829. The molecule has 0 bridgehead atoms. The first-order valence-corrected chi connectivity index (χ1v) is 7.44. The lowest BCUT2D eigenvalue weighted by Crippen LogP contribution is -2.38. The molecule has 0 atom stereocenters. The summed E-state index contributed by atoms with van der Waals surface area (Å²) >= 11 is 0. The Hall–Kier alpha value is -2.15. The van der Waals surface area contributed by atoms with Crippen molar-refractivity contribution in [1.29, 1.82) is 0 Å². The Labute approximate surface area is 128 Å². The van der Waals surface area contributed by atoms with E-state index in [-0.39, 0.29) is 11.8 Å². The van der Waals surface area contributed by atoms with E-state index in [1.807, 2.05) is 19.9 Å². The van der Waals surface area contributed by atoms with Crippen LogP contribution in [0.4, 0.5) is 0 Å². The lowest BCUT2D eigenvalue weighted by Gasteiger charge is -2.29. The second kappa shape index (κ2) is 5.92. The van der Waals surface area contributed by atoms with Gasteiger partial charge in [0.2, 0.25) is 11.8 Å². The van der Waals surface area contributed by atoms with Crippen molar-refractivity contribution < 1.29 is 13.6 Å². The molecule has 1 amide bonds. The first-order valence-electron chi connectivity index (χ1n) is 7.44. The molecule has 0 radical (unpaired) electrons. The summed E-state index contributed by atoms with van der Waals surface area (Å²) in [6.45, 7) is 5.98. The number of carbonyl (C=O) groups is 1. The van der Waals surface area contributed by atoms with Crippen LogP contribution in [-0.4, -0.2) is 34.1 Å². The zero-order valence-electron chi connectivity index (χ0n) is 12.8. The Balaban J connectivity index is 1.63. The number of furan rings is 1. The molecule has 1 saturated heterocycles. The van der Waals surface area contributed by atoms with E-state index in [1.165, 1.54) is 0 Å². The van der Waals surface area contributed by atoms with Gasteiger partial charge in [-0.15, -0.1) is 10.2 Å². The Morgan fingerprint density at radius 3 is 2.64 bits per heavy atom. The largest absolute Gasteiger partial charge is 0.466 e. The van der Waals surface area contributed by atoms with Crippen LogP contribution < -0.4 is 5.73 Å². The zero-order valence-corrected chi connectivity index (χ0v) is 12.8. The van der Waals surface area contributed by atoms with Gasteiger partial charge in [0, 0.05) is 5.92 Å². The Kier molecular flexibility index (Phi) is 3.98. The summed E-state index contributed by atoms with van der Waals surface area (Å²) in [5.41, 5.74) is 6.18. The minimum Gasteiger partial charge on any atom is -0.466 e. The Bertz CT molecular complexity index is 668. The molecule has 3 heterocycles. The summed E-state index contributed by atoms with van der Waals surface area (Å²) < 4.78 is 11.2. The Morgan fingerprint density at radius 2 is 2.05 bits per heavy atom. The molecule has 2 N–H and O–H groups in total. The van der Waals surface area contributed by atoms with Gasteiger partial charge in [0.1, 0.15) is 11.5 Å². The van der Waals surface area contributed by atoms with E-state index in [9.17, 15) is 4.79 Å². The monoisotopic (exact) mass is 304 g/mol. The minimum atomic E-state index is -0.203. The standard InChI is InChI=1S/C15H20N4O3/c1-9-7-12(10(2)21-9)15-18-17-13(22-15)8-19-5-3-11(4-6-19)14(16)20/h7,11H,3-6,8H2,1-2H3,(H2,16,20). The van der Waals surface area contributed by atoms with Crippen LogP contribution in [0.1, 0.15) is 30.3 Å². The second-order valence-electron chi connectivity index (χ2n) is 5.78. The van der Waals surface area contributed by atoms with Crippen molar-refractivity contribution >= 4 is 5.91 Å². The first-order chi connectivity index (χ1) is 10.5. The highest BCUT2D eigenvalue weighted by Crippen LogP contribution is 2.26. The number of primary amides is 1. The van der Waals surface area contributed by atoms with Crippen molar-refractivity contribution in [1.82, 2.24) is 15.1 Å². The lowest BCUT2D eigenvalue weighted by atomic mass is 9.96.